The largest absolute Gasteiger partial charge is 0.388 e. The lowest BCUT2D eigenvalue weighted by atomic mass is 9.84. The van der Waals surface area contributed by atoms with E-state index >= 15 is 0 Å². The van der Waals surface area contributed by atoms with E-state index in [0.717, 1.165) is 6.42 Å². The van der Waals surface area contributed by atoms with Gasteiger partial charge in [0.2, 0.25) is 0 Å². The van der Waals surface area contributed by atoms with Crippen LogP contribution >= 0.6 is 0 Å². The summed E-state index contributed by atoms with van der Waals surface area (Å²) in [5.41, 5.74) is 23.3. The van der Waals surface area contributed by atoms with Crippen molar-refractivity contribution in [1.82, 2.24) is 5.32 Å². The van der Waals surface area contributed by atoms with Crippen LogP contribution in [0.5, 0.6) is 0 Å². The van der Waals surface area contributed by atoms with Crippen molar-refractivity contribution in [3.63, 3.8) is 0 Å². The van der Waals surface area contributed by atoms with Crippen LogP contribution in [0.2, 0.25) is 0 Å². The van der Waals surface area contributed by atoms with Crippen LogP contribution in [0, 0.1) is 0 Å². The summed E-state index contributed by atoms with van der Waals surface area (Å²) >= 11 is 0. The molecule has 0 aromatic heterocycles. The van der Waals surface area contributed by atoms with Crippen LogP contribution in [0.15, 0.2) is 0 Å². The molecule has 12 nitrogen and oxygen atoms in total. The Kier molecular flexibility index (Phi) is 8.51. The van der Waals surface area contributed by atoms with E-state index in [1.807, 2.05) is 6.92 Å². The van der Waals surface area contributed by atoms with Crippen LogP contribution in [0.3, 0.4) is 0 Å². The Morgan fingerprint density at radius 1 is 1.00 bits per heavy atom. The van der Waals surface area contributed by atoms with Crippen molar-refractivity contribution >= 4 is 0 Å². The molecular weight excluding hydrogens is 422 g/mol. The van der Waals surface area contributed by atoms with Gasteiger partial charge in [0.1, 0.15) is 30.0 Å². The third-order valence-corrected chi connectivity index (χ3v) is 6.81. The zero-order chi connectivity index (χ0) is 23.8. The fraction of sp³-hybridized carbons (Fsp3) is 1.00. The summed E-state index contributed by atoms with van der Waals surface area (Å²) < 4.78 is 23.4. The second-order valence-corrected chi connectivity index (χ2v) is 9.69. The molecule has 188 valence electrons. The van der Waals surface area contributed by atoms with Gasteiger partial charge < -0.3 is 62.5 Å². The fourth-order valence-corrected chi connectivity index (χ4v) is 4.87. The first-order chi connectivity index (χ1) is 15.0. The predicted octanol–water partition coefficient (Wildman–Crippen LogP) is -3.59. The molecule has 3 aliphatic rings. The average molecular weight is 464 g/mol. The molecule has 12 heteroatoms. The summed E-state index contributed by atoms with van der Waals surface area (Å²) in [4.78, 5) is 0. The molecule has 12 N–H and O–H groups in total. The fourth-order valence-electron chi connectivity index (χ4n) is 4.87. The number of aliphatic hydroxyl groups is 3. The standard InChI is InChI=1S/C20H41N5O7/c1-8(21)12-5-4-9(22)18(30-12)31-15-10(23)6-11(24)16(13(15)26)32-19-14(27)17(25-3)20(2,28)7-29-19/h8-19,25-28H,4-7,21-24H2,1-3H3. The quantitative estimate of drug-likeness (QED) is 0.192. The van der Waals surface area contributed by atoms with Gasteiger partial charge in [0.05, 0.1) is 24.8 Å². The van der Waals surface area contributed by atoms with E-state index in [9.17, 15) is 15.3 Å². The van der Waals surface area contributed by atoms with Crippen LogP contribution in [0.1, 0.15) is 33.1 Å². The van der Waals surface area contributed by atoms with E-state index in [4.69, 9.17) is 41.9 Å². The SMILES string of the molecule is CNC1C(O)C(OC2C(N)CC(N)C(OC3OC(C(C)N)CCC3N)C2O)OCC1(C)O. The zero-order valence-electron chi connectivity index (χ0n) is 19.0. The van der Waals surface area contributed by atoms with Crippen molar-refractivity contribution in [3.05, 3.63) is 0 Å². The maximum atomic E-state index is 11.1. The Hall–Kier alpha value is -0.480. The third-order valence-electron chi connectivity index (χ3n) is 6.81. The summed E-state index contributed by atoms with van der Waals surface area (Å²) in [6, 6.07) is -2.47. The van der Waals surface area contributed by atoms with E-state index in [-0.39, 0.29) is 24.8 Å². The van der Waals surface area contributed by atoms with Gasteiger partial charge in [-0.2, -0.15) is 0 Å². The minimum absolute atomic E-state index is 0.0683. The molecule has 0 aromatic rings. The highest BCUT2D eigenvalue weighted by atomic mass is 16.7. The molecule has 2 heterocycles. The van der Waals surface area contributed by atoms with Crippen molar-refractivity contribution in [2.24, 2.45) is 22.9 Å². The third kappa shape index (κ3) is 5.43. The van der Waals surface area contributed by atoms with Crippen molar-refractivity contribution in [1.29, 1.82) is 0 Å². The molecule has 1 aliphatic carbocycles. The molecule has 0 amide bonds. The van der Waals surface area contributed by atoms with Gasteiger partial charge in [0.25, 0.3) is 0 Å². The van der Waals surface area contributed by atoms with E-state index in [2.05, 4.69) is 5.32 Å². The minimum atomic E-state index is -1.29. The number of rotatable bonds is 6. The summed E-state index contributed by atoms with van der Waals surface area (Å²) in [6.07, 6.45) is -4.58. The maximum absolute atomic E-state index is 11.1. The van der Waals surface area contributed by atoms with Crippen LogP contribution in [-0.4, -0.2) is 108 Å². The molecule has 0 bridgehead atoms. The molecule has 1 saturated carbocycles. The highest BCUT2D eigenvalue weighted by Gasteiger charge is 2.50. The van der Waals surface area contributed by atoms with Crippen LogP contribution in [0.25, 0.3) is 0 Å². The molecule has 3 rings (SSSR count). The van der Waals surface area contributed by atoms with E-state index in [1.54, 1.807) is 14.0 Å². The van der Waals surface area contributed by atoms with Gasteiger partial charge in [-0.05, 0) is 40.2 Å². The summed E-state index contributed by atoms with van der Waals surface area (Å²) in [5, 5.41) is 35.0. The molecule has 3 fully saturated rings. The molecule has 0 aromatic carbocycles. The topological polar surface area (TPSA) is 214 Å². The van der Waals surface area contributed by atoms with Gasteiger partial charge in [-0.25, -0.2) is 0 Å². The summed E-state index contributed by atoms with van der Waals surface area (Å²) in [6.45, 7) is 3.34. The zero-order valence-corrected chi connectivity index (χ0v) is 19.0. The van der Waals surface area contributed by atoms with Gasteiger partial charge in [0, 0.05) is 18.1 Å². The van der Waals surface area contributed by atoms with Gasteiger partial charge in [0.15, 0.2) is 12.6 Å². The average Bonchev–Trinajstić information content (AvgIpc) is 2.71. The van der Waals surface area contributed by atoms with Gasteiger partial charge in [-0.15, -0.1) is 0 Å². The monoisotopic (exact) mass is 463 g/mol. The first-order valence-electron chi connectivity index (χ1n) is 11.3. The number of aliphatic hydroxyl groups excluding tert-OH is 2. The number of likely N-dealkylation sites (N-methyl/N-ethyl adjacent to an activating group) is 1. The van der Waals surface area contributed by atoms with Crippen LogP contribution < -0.4 is 28.3 Å². The van der Waals surface area contributed by atoms with Crippen molar-refractivity contribution in [3.8, 4) is 0 Å². The number of nitrogens with one attached hydrogen (secondary N) is 1. The molecule has 2 saturated heterocycles. The second kappa shape index (κ2) is 10.4. The van der Waals surface area contributed by atoms with Crippen molar-refractivity contribution < 1.29 is 34.3 Å². The number of ether oxygens (including phenoxy) is 4. The lowest BCUT2D eigenvalue weighted by Crippen LogP contribution is -2.68. The first kappa shape index (κ1) is 26.1. The van der Waals surface area contributed by atoms with E-state index in [1.165, 1.54) is 0 Å². The Morgan fingerprint density at radius 3 is 2.16 bits per heavy atom. The smallest absolute Gasteiger partial charge is 0.185 e. The Labute approximate surface area is 188 Å². The lowest BCUT2D eigenvalue weighted by Gasteiger charge is -2.48. The molecule has 13 atom stereocenters. The minimum Gasteiger partial charge on any atom is -0.388 e. The van der Waals surface area contributed by atoms with Gasteiger partial charge in [-0.1, -0.05) is 0 Å². The maximum Gasteiger partial charge on any atom is 0.185 e. The van der Waals surface area contributed by atoms with Crippen molar-refractivity contribution in [2.45, 2.75) is 112 Å². The Bertz CT molecular complexity index is 615. The molecule has 2 aliphatic heterocycles. The van der Waals surface area contributed by atoms with Crippen molar-refractivity contribution in [2.75, 3.05) is 13.7 Å². The number of nitrogens with two attached hydrogens (primary N) is 4. The summed E-state index contributed by atoms with van der Waals surface area (Å²) in [7, 11) is 1.62. The highest BCUT2D eigenvalue weighted by molar-refractivity contribution is 5.02. The lowest BCUT2D eigenvalue weighted by molar-refractivity contribution is -0.307. The number of hydrogen-bond donors (Lipinski definition) is 8. The Morgan fingerprint density at radius 2 is 1.59 bits per heavy atom. The molecule has 0 spiro atoms. The van der Waals surface area contributed by atoms with E-state index < -0.39 is 60.7 Å². The molecule has 32 heavy (non-hydrogen) atoms. The molecule has 0 radical (unpaired) electrons. The molecule has 13 unspecified atom stereocenters. The van der Waals surface area contributed by atoms with Gasteiger partial charge in [-0.3, -0.25) is 0 Å². The Balaban J connectivity index is 1.69. The highest BCUT2D eigenvalue weighted by Crippen LogP contribution is 2.31. The first-order valence-corrected chi connectivity index (χ1v) is 11.3. The van der Waals surface area contributed by atoms with Gasteiger partial charge >= 0.3 is 0 Å². The van der Waals surface area contributed by atoms with Crippen LogP contribution in [-0.2, 0) is 18.9 Å². The normalized spacial score (nSPS) is 51.4. The second-order valence-electron chi connectivity index (χ2n) is 9.69. The molecular formula is C20H41N5O7. The van der Waals surface area contributed by atoms with E-state index in [0.29, 0.717) is 12.8 Å². The predicted molar refractivity (Wildman–Crippen MR) is 115 cm³/mol. The van der Waals surface area contributed by atoms with Crippen LogP contribution in [0.4, 0.5) is 0 Å². The number of hydrogen-bond acceptors (Lipinski definition) is 12. The summed E-state index contributed by atoms with van der Waals surface area (Å²) in [5.74, 6) is 0.